The van der Waals surface area contributed by atoms with E-state index in [1.165, 1.54) is 4.90 Å². The van der Waals surface area contributed by atoms with Gasteiger partial charge < -0.3 is 14.2 Å². The molecule has 0 saturated carbocycles. The minimum atomic E-state index is -0.455. The van der Waals surface area contributed by atoms with E-state index in [4.69, 9.17) is 4.74 Å². The van der Waals surface area contributed by atoms with Gasteiger partial charge in [0.15, 0.2) is 0 Å². The molecule has 1 aliphatic heterocycles. The van der Waals surface area contributed by atoms with E-state index < -0.39 is 5.41 Å². The van der Waals surface area contributed by atoms with Gasteiger partial charge in [0, 0.05) is 29.8 Å². The number of hydrogen-bond acceptors (Lipinski definition) is 5. The number of pyridine rings is 1. The molecule has 0 N–H and O–H groups in total. The molecule has 0 spiro atoms. The average molecular weight is 493 g/mol. The maximum atomic E-state index is 13.1. The van der Waals surface area contributed by atoms with Crippen LogP contribution < -0.4 is 5.56 Å². The van der Waals surface area contributed by atoms with Crippen LogP contribution in [0.25, 0.3) is 10.9 Å². The minimum absolute atomic E-state index is 0.0130. The van der Waals surface area contributed by atoms with Crippen molar-refractivity contribution in [2.75, 3.05) is 32.0 Å². The van der Waals surface area contributed by atoms with Crippen LogP contribution in [0.5, 0.6) is 0 Å². The molecule has 3 aromatic rings. The molecule has 0 aliphatic carbocycles. The molecule has 4 rings (SSSR count). The number of ether oxygens (including phenoxy) is 1. The molecule has 6 heteroatoms. The number of carbonyl (C=O) groups is 1. The number of esters is 1. The summed E-state index contributed by atoms with van der Waals surface area (Å²) in [6.45, 7) is 7.76. The second-order valence-electron chi connectivity index (χ2n) is 9.49. The normalized spacial score (nSPS) is 15.8. The first-order valence-electron chi connectivity index (χ1n) is 12.7. The summed E-state index contributed by atoms with van der Waals surface area (Å²) in [7, 11) is 0. The molecule has 0 unspecified atom stereocenters. The van der Waals surface area contributed by atoms with Gasteiger partial charge in [-0.05, 0) is 87.8 Å². The van der Waals surface area contributed by atoms with E-state index in [2.05, 4.69) is 47.4 Å². The number of hydrogen-bond donors (Lipinski definition) is 0. The lowest BCUT2D eigenvalue weighted by atomic mass is 9.74. The molecule has 0 bridgehead atoms. The summed E-state index contributed by atoms with van der Waals surface area (Å²) >= 11 is 1.88. The highest BCUT2D eigenvalue weighted by atomic mass is 32.2. The fraction of sp³-hybridized carbons (Fsp3) is 0.448. The monoisotopic (exact) mass is 492 g/mol. The Balaban J connectivity index is 1.37. The zero-order valence-electron chi connectivity index (χ0n) is 20.9. The number of aryl methyl sites for hydroxylation is 2. The van der Waals surface area contributed by atoms with Gasteiger partial charge in [-0.1, -0.05) is 30.3 Å². The number of piperidine rings is 1. The largest absolute Gasteiger partial charge is 0.466 e. The van der Waals surface area contributed by atoms with Crippen molar-refractivity contribution in [2.45, 2.75) is 51.0 Å². The molecule has 0 atom stereocenters. The van der Waals surface area contributed by atoms with Gasteiger partial charge >= 0.3 is 5.97 Å². The highest BCUT2D eigenvalue weighted by molar-refractivity contribution is 7.99. The molecule has 5 nitrogen and oxygen atoms in total. The molecule has 35 heavy (non-hydrogen) atoms. The fourth-order valence-corrected chi connectivity index (χ4v) is 5.99. The van der Waals surface area contributed by atoms with Crippen LogP contribution in [-0.4, -0.2) is 47.4 Å². The number of rotatable bonds is 10. The lowest BCUT2D eigenvalue weighted by molar-refractivity contribution is -0.159. The van der Waals surface area contributed by atoms with E-state index in [0.717, 1.165) is 67.5 Å². The van der Waals surface area contributed by atoms with Gasteiger partial charge in [0.2, 0.25) is 0 Å². The first kappa shape index (κ1) is 25.5. The maximum absolute atomic E-state index is 13.1. The van der Waals surface area contributed by atoms with Crippen LogP contribution in [0.3, 0.4) is 0 Å². The zero-order valence-corrected chi connectivity index (χ0v) is 21.7. The molecule has 1 fully saturated rings. The van der Waals surface area contributed by atoms with E-state index in [0.29, 0.717) is 13.2 Å². The second kappa shape index (κ2) is 11.9. The van der Waals surface area contributed by atoms with E-state index in [9.17, 15) is 9.59 Å². The lowest BCUT2D eigenvalue weighted by Crippen LogP contribution is -2.46. The quantitative estimate of drug-likeness (QED) is 0.275. The fourth-order valence-electron chi connectivity index (χ4n) is 5.06. The third-order valence-electron chi connectivity index (χ3n) is 7.13. The molecule has 186 valence electrons. The second-order valence-corrected chi connectivity index (χ2v) is 10.7. The van der Waals surface area contributed by atoms with E-state index >= 15 is 0 Å². The molecule has 2 heterocycles. The van der Waals surface area contributed by atoms with Crippen molar-refractivity contribution in [3.63, 3.8) is 0 Å². The first-order chi connectivity index (χ1) is 17.0. The van der Waals surface area contributed by atoms with Gasteiger partial charge in [-0.15, -0.1) is 11.8 Å². The Kier molecular flexibility index (Phi) is 8.69. The highest BCUT2D eigenvalue weighted by Gasteiger charge is 2.42. The van der Waals surface area contributed by atoms with Crippen molar-refractivity contribution in [3.05, 3.63) is 76.6 Å². The van der Waals surface area contributed by atoms with Gasteiger partial charge in [-0.2, -0.15) is 0 Å². The number of fused-ring (bicyclic) bond motifs is 1. The smallest absolute Gasteiger partial charge is 0.312 e. The molecular weight excluding hydrogens is 456 g/mol. The summed E-state index contributed by atoms with van der Waals surface area (Å²) in [5.74, 6) is 0.972. The topological polar surface area (TPSA) is 51.5 Å². The molecule has 2 aromatic carbocycles. The van der Waals surface area contributed by atoms with Crippen LogP contribution in [0.15, 0.2) is 70.4 Å². The predicted octanol–water partition coefficient (Wildman–Crippen LogP) is 5.53. The first-order valence-corrected chi connectivity index (χ1v) is 13.7. The van der Waals surface area contributed by atoms with Crippen molar-refractivity contribution in [3.8, 4) is 0 Å². The van der Waals surface area contributed by atoms with Gasteiger partial charge in [0.1, 0.15) is 0 Å². The summed E-state index contributed by atoms with van der Waals surface area (Å²) in [4.78, 5) is 29.5. The highest BCUT2D eigenvalue weighted by Crippen LogP contribution is 2.38. The summed E-state index contributed by atoms with van der Waals surface area (Å²) in [6.07, 6.45) is 3.14. The Morgan fingerprint density at radius 1 is 1.03 bits per heavy atom. The van der Waals surface area contributed by atoms with E-state index in [-0.39, 0.29) is 11.5 Å². The number of nitrogens with zero attached hydrogens (tertiary/aromatic N) is 2. The Labute approximate surface area is 212 Å². The Hall–Kier alpha value is -2.57. The van der Waals surface area contributed by atoms with Crippen LogP contribution >= 0.6 is 11.8 Å². The SMILES string of the molecule is CCOC(=O)C1(CCCn2c(=O)ccc3ccc(C)cc32)CCN(CCSc2ccccc2)CC1. The maximum Gasteiger partial charge on any atom is 0.312 e. The molecule has 0 amide bonds. The third kappa shape index (κ3) is 6.36. The van der Waals surface area contributed by atoms with Crippen molar-refractivity contribution < 1.29 is 9.53 Å². The molecular formula is C29H36N2O3S. The van der Waals surface area contributed by atoms with Gasteiger partial charge in [-0.3, -0.25) is 9.59 Å². The van der Waals surface area contributed by atoms with Crippen LogP contribution in [0.2, 0.25) is 0 Å². The van der Waals surface area contributed by atoms with Gasteiger partial charge in [0.05, 0.1) is 17.5 Å². The van der Waals surface area contributed by atoms with Crippen molar-refractivity contribution in [1.82, 2.24) is 9.47 Å². The van der Waals surface area contributed by atoms with Crippen LogP contribution in [-0.2, 0) is 16.1 Å². The van der Waals surface area contributed by atoms with E-state index in [1.807, 2.05) is 42.3 Å². The number of benzene rings is 2. The van der Waals surface area contributed by atoms with Crippen molar-refractivity contribution in [1.29, 1.82) is 0 Å². The summed E-state index contributed by atoms with van der Waals surface area (Å²) in [6, 6.07) is 20.2. The number of carbonyl (C=O) groups excluding carboxylic acids is 1. The van der Waals surface area contributed by atoms with Crippen LogP contribution in [0, 0.1) is 12.3 Å². The van der Waals surface area contributed by atoms with Crippen LogP contribution in [0.4, 0.5) is 0 Å². The Morgan fingerprint density at radius 3 is 2.51 bits per heavy atom. The molecule has 0 radical (unpaired) electrons. The Bertz CT molecular complexity index is 1180. The number of thioether (sulfide) groups is 1. The van der Waals surface area contributed by atoms with Crippen molar-refractivity contribution >= 4 is 28.6 Å². The van der Waals surface area contributed by atoms with Crippen molar-refractivity contribution in [2.24, 2.45) is 5.41 Å². The standard InChI is InChI=1S/C29H36N2O3S/c1-3-34-28(33)29(15-18-30(19-16-29)20-21-35-25-8-5-4-6-9-25)14-7-17-31-26-22-23(2)10-11-24(26)12-13-27(31)32/h4-6,8-13,22H,3,7,14-21H2,1-2H3. The summed E-state index contributed by atoms with van der Waals surface area (Å²) in [5, 5.41) is 1.07. The average Bonchev–Trinajstić information content (AvgIpc) is 2.87. The van der Waals surface area contributed by atoms with E-state index in [1.54, 1.807) is 6.07 Å². The molecule has 1 saturated heterocycles. The van der Waals surface area contributed by atoms with Gasteiger partial charge in [0.25, 0.3) is 5.56 Å². The minimum Gasteiger partial charge on any atom is -0.466 e. The summed E-state index contributed by atoms with van der Waals surface area (Å²) in [5.41, 5.74) is 1.66. The predicted molar refractivity (Wildman–Crippen MR) is 144 cm³/mol. The summed E-state index contributed by atoms with van der Waals surface area (Å²) < 4.78 is 7.40. The van der Waals surface area contributed by atoms with Crippen LogP contribution in [0.1, 0.15) is 38.2 Å². The van der Waals surface area contributed by atoms with Gasteiger partial charge in [-0.25, -0.2) is 0 Å². The zero-order chi connectivity index (χ0) is 24.7. The molecule has 1 aromatic heterocycles. The number of likely N-dealkylation sites (tertiary alicyclic amines) is 1. The number of aromatic nitrogens is 1. The Morgan fingerprint density at radius 2 is 1.77 bits per heavy atom. The third-order valence-corrected chi connectivity index (χ3v) is 8.12. The molecule has 1 aliphatic rings. The lowest BCUT2D eigenvalue weighted by Gasteiger charge is -2.40.